The van der Waals surface area contributed by atoms with Crippen LogP contribution >= 0.6 is 15.9 Å². The fourth-order valence-corrected chi connectivity index (χ4v) is 3.62. The Morgan fingerprint density at radius 3 is 2.58 bits per heavy atom. The van der Waals surface area contributed by atoms with Gasteiger partial charge in [-0.05, 0) is 41.4 Å². The SMILES string of the molecule is CCCNC(=O)C(C)NS(=O)(=O)c1ccccc1Br. The van der Waals surface area contributed by atoms with Crippen LogP contribution < -0.4 is 10.0 Å². The first-order valence-electron chi connectivity index (χ1n) is 5.93. The molecule has 0 saturated carbocycles. The van der Waals surface area contributed by atoms with Gasteiger partial charge < -0.3 is 5.32 Å². The molecule has 1 rings (SSSR count). The maximum Gasteiger partial charge on any atom is 0.242 e. The molecule has 0 aliphatic carbocycles. The quantitative estimate of drug-likeness (QED) is 0.820. The van der Waals surface area contributed by atoms with Gasteiger partial charge in [0.05, 0.1) is 10.9 Å². The van der Waals surface area contributed by atoms with Crippen molar-refractivity contribution in [2.75, 3.05) is 6.54 Å². The van der Waals surface area contributed by atoms with Crippen LogP contribution in [-0.4, -0.2) is 26.9 Å². The normalized spacial score (nSPS) is 13.0. The first-order valence-corrected chi connectivity index (χ1v) is 8.20. The van der Waals surface area contributed by atoms with E-state index in [1.807, 2.05) is 6.92 Å². The van der Waals surface area contributed by atoms with Crippen LogP contribution in [-0.2, 0) is 14.8 Å². The van der Waals surface area contributed by atoms with E-state index in [0.29, 0.717) is 11.0 Å². The molecule has 5 nitrogen and oxygen atoms in total. The summed E-state index contributed by atoms with van der Waals surface area (Å²) in [4.78, 5) is 11.8. The lowest BCUT2D eigenvalue weighted by molar-refractivity contribution is -0.122. The highest BCUT2D eigenvalue weighted by Gasteiger charge is 2.23. The molecule has 1 amide bonds. The number of sulfonamides is 1. The number of amides is 1. The van der Waals surface area contributed by atoms with Gasteiger partial charge in [-0.1, -0.05) is 19.1 Å². The standard InChI is InChI=1S/C12H17BrN2O3S/c1-3-8-14-12(16)9(2)15-19(17,18)11-7-5-4-6-10(11)13/h4-7,9,15H,3,8H2,1-2H3,(H,14,16). The minimum Gasteiger partial charge on any atom is -0.355 e. The van der Waals surface area contributed by atoms with Crippen molar-refractivity contribution in [3.8, 4) is 0 Å². The molecular weight excluding hydrogens is 332 g/mol. The summed E-state index contributed by atoms with van der Waals surface area (Å²) in [5, 5.41) is 2.64. The second-order valence-electron chi connectivity index (χ2n) is 4.06. The number of halogens is 1. The number of nitrogens with one attached hydrogen (secondary N) is 2. The van der Waals surface area contributed by atoms with Gasteiger partial charge in [0.1, 0.15) is 0 Å². The minimum absolute atomic E-state index is 0.116. The molecule has 1 unspecified atom stereocenters. The minimum atomic E-state index is -3.72. The first kappa shape index (κ1) is 16.1. The summed E-state index contributed by atoms with van der Waals surface area (Å²) in [7, 11) is -3.72. The van der Waals surface area contributed by atoms with E-state index in [4.69, 9.17) is 0 Å². The Kier molecular flexibility index (Phi) is 5.96. The zero-order valence-electron chi connectivity index (χ0n) is 10.8. The van der Waals surface area contributed by atoms with Gasteiger partial charge in [0.15, 0.2) is 0 Å². The zero-order chi connectivity index (χ0) is 14.5. The molecule has 0 spiro atoms. The molecule has 0 bridgehead atoms. The van der Waals surface area contributed by atoms with E-state index in [-0.39, 0.29) is 10.8 Å². The van der Waals surface area contributed by atoms with E-state index in [1.54, 1.807) is 18.2 Å². The molecular formula is C12H17BrN2O3S. The highest BCUT2D eigenvalue weighted by molar-refractivity contribution is 9.10. The monoisotopic (exact) mass is 348 g/mol. The van der Waals surface area contributed by atoms with Crippen molar-refractivity contribution in [1.82, 2.24) is 10.0 Å². The molecule has 0 saturated heterocycles. The fraction of sp³-hybridized carbons (Fsp3) is 0.417. The lowest BCUT2D eigenvalue weighted by atomic mass is 10.3. The summed E-state index contributed by atoms with van der Waals surface area (Å²) < 4.78 is 27.1. The Morgan fingerprint density at radius 2 is 2.00 bits per heavy atom. The maximum absolute atomic E-state index is 12.1. The van der Waals surface area contributed by atoms with Crippen LogP contribution in [0.25, 0.3) is 0 Å². The van der Waals surface area contributed by atoms with Crippen LogP contribution in [0.1, 0.15) is 20.3 Å². The van der Waals surface area contributed by atoms with E-state index in [2.05, 4.69) is 26.0 Å². The summed E-state index contributed by atoms with van der Waals surface area (Å²) in [6.07, 6.45) is 0.801. The number of carbonyl (C=O) groups excluding carboxylic acids is 1. The van der Waals surface area contributed by atoms with E-state index in [9.17, 15) is 13.2 Å². The van der Waals surface area contributed by atoms with E-state index in [1.165, 1.54) is 13.0 Å². The lowest BCUT2D eigenvalue weighted by Crippen LogP contribution is -2.44. The van der Waals surface area contributed by atoms with Gasteiger partial charge in [0, 0.05) is 11.0 Å². The Morgan fingerprint density at radius 1 is 1.37 bits per heavy atom. The summed E-state index contributed by atoms with van der Waals surface area (Å²) >= 11 is 3.18. The van der Waals surface area contributed by atoms with Crippen LogP contribution in [0.5, 0.6) is 0 Å². The van der Waals surface area contributed by atoms with Crippen LogP contribution in [0.2, 0.25) is 0 Å². The first-order chi connectivity index (χ1) is 8.88. The van der Waals surface area contributed by atoms with Crippen LogP contribution in [0.15, 0.2) is 33.6 Å². The second-order valence-corrected chi connectivity index (χ2v) is 6.60. The zero-order valence-corrected chi connectivity index (χ0v) is 13.2. The van der Waals surface area contributed by atoms with Gasteiger partial charge in [-0.2, -0.15) is 4.72 Å². The number of hydrogen-bond acceptors (Lipinski definition) is 3. The number of rotatable bonds is 6. The molecule has 0 heterocycles. The summed E-state index contributed by atoms with van der Waals surface area (Å²) in [6, 6.07) is 5.64. The predicted molar refractivity (Wildman–Crippen MR) is 77.2 cm³/mol. The van der Waals surface area contributed by atoms with Crippen molar-refractivity contribution in [1.29, 1.82) is 0 Å². The average Bonchev–Trinajstić information content (AvgIpc) is 2.35. The molecule has 7 heteroatoms. The van der Waals surface area contributed by atoms with Crippen molar-refractivity contribution in [3.63, 3.8) is 0 Å². The van der Waals surface area contributed by atoms with Crippen LogP contribution in [0.4, 0.5) is 0 Å². The molecule has 0 aliphatic rings. The molecule has 19 heavy (non-hydrogen) atoms. The Hall–Kier alpha value is -0.920. The molecule has 106 valence electrons. The highest BCUT2D eigenvalue weighted by atomic mass is 79.9. The summed E-state index contributed by atoms with van der Waals surface area (Å²) in [5.74, 6) is -0.336. The van der Waals surface area contributed by atoms with Crippen molar-refractivity contribution < 1.29 is 13.2 Å². The van der Waals surface area contributed by atoms with Gasteiger partial charge in [-0.3, -0.25) is 4.79 Å². The molecule has 1 aromatic carbocycles. The van der Waals surface area contributed by atoms with Crippen molar-refractivity contribution in [2.45, 2.75) is 31.2 Å². The van der Waals surface area contributed by atoms with Gasteiger partial charge in [0.25, 0.3) is 0 Å². The lowest BCUT2D eigenvalue weighted by Gasteiger charge is -2.14. The average molecular weight is 349 g/mol. The Bertz CT molecular complexity index is 546. The van der Waals surface area contributed by atoms with Crippen LogP contribution in [0, 0.1) is 0 Å². The third-order valence-corrected chi connectivity index (χ3v) is 4.95. The number of hydrogen-bond donors (Lipinski definition) is 2. The van der Waals surface area contributed by atoms with Gasteiger partial charge in [0.2, 0.25) is 15.9 Å². The molecule has 0 radical (unpaired) electrons. The largest absolute Gasteiger partial charge is 0.355 e. The fourth-order valence-electron chi connectivity index (χ4n) is 1.41. The van der Waals surface area contributed by atoms with Crippen molar-refractivity contribution in [3.05, 3.63) is 28.7 Å². The molecule has 0 aromatic heterocycles. The number of benzene rings is 1. The van der Waals surface area contributed by atoms with Crippen molar-refractivity contribution >= 4 is 31.9 Å². The van der Waals surface area contributed by atoms with E-state index >= 15 is 0 Å². The third-order valence-electron chi connectivity index (χ3n) is 2.40. The predicted octanol–water partition coefficient (Wildman–Crippen LogP) is 1.64. The highest BCUT2D eigenvalue weighted by Crippen LogP contribution is 2.21. The van der Waals surface area contributed by atoms with E-state index in [0.717, 1.165) is 6.42 Å². The second kappa shape index (κ2) is 7.02. The smallest absolute Gasteiger partial charge is 0.242 e. The summed E-state index contributed by atoms with van der Waals surface area (Å²) in [6.45, 7) is 3.97. The maximum atomic E-state index is 12.1. The van der Waals surface area contributed by atoms with Gasteiger partial charge in [-0.25, -0.2) is 8.42 Å². The number of carbonyl (C=O) groups is 1. The third kappa shape index (κ3) is 4.59. The Balaban J connectivity index is 2.81. The molecule has 1 aromatic rings. The molecule has 1 atom stereocenters. The molecule has 0 fully saturated rings. The van der Waals surface area contributed by atoms with Gasteiger partial charge in [-0.15, -0.1) is 0 Å². The Labute approximate surface area is 122 Å². The van der Waals surface area contributed by atoms with Crippen molar-refractivity contribution in [2.24, 2.45) is 0 Å². The van der Waals surface area contributed by atoms with E-state index < -0.39 is 16.1 Å². The summed E-state index contributed by atoms with van der Waals surface area (Å²) in [5.41, 5.74) is 0. The van der Waals surface area contributed by atoms with Crippen LogP contribution in [0.3, 0.4) is 0 Å². The molecule has 2 N–H and O–H groups in total. The topological polar surface area (TPSA) is 75.3 Å². The van der Waals surface area contributed by atoms with Gasteiger partial charge >= 0.3 is 0 Å². The molecule has 0 aliphatic heterocycles.